The van der Waals surface area contributed by atoms with Gasteiger partial charge >= 0.3 is 0 Å². The van der Waals surface area contributed by atoms with Gasteiger partial charge < -0.3 is 14.5 Å². The van der Waals surface area contributed by atoms with Crippen molar-refractivity contribution in [3.63, 3.8) is 0 Å². The standard InChI is InChI=1S/C30H44N4O6S2/c1-5-32(24(2)3)19-20-42(38,39)31-27(22-40-21-25-11-7-6-8-12-25)29(35)33-17-15-30(16-18-33)23-34(41(4,36)37)28-14-10-9-13-26(28)30/h6-14,24,27,31H,5,15-23H2,1-4H3/t27-/m1/s1. The minimum atomic E-state index is -3.78. The van der Waals surface area contributed by atoms with Crippen molar-refractivity contribution in [2.24, 2.45) is 0 Å². The van der Waals surface area contributed by atoms with Gasteiger partial charge in [-0.2, -0.15) is 0 Å². The molecule has 2 aromatic rings. The number of fused-ring (bicyclic) bond motifs is 2. The van der Waals surface area contributed by atoms with Crippen LogP contribution in [-0.4, -0.2) is 96.0 Å². The van der Waals surface area contributed by atoms with E-state index in [2.05, 4.69) is 9.62 Å². The minimum Gasteiger partial charge on any atom is -0.375 e. The first-order valence-electron chi connectivity index (χ1n) is 14.6. The van der Waals surface area contributed by atoms with Gasteiger partial charge in [-0.1, -0.05) is 55.5 Å². The monoisotopic (exact) mass is 620 g/mol. The number of likely N-dealkylation sites (tertiary alicyclic amines) is 1. The molecule has 2 aromatic carbocycles. The predicted octanol–water partition coefficient (Wildman–Crippen LogP) is 2.56. The Morgan fingerprint density at radius 3 is 2.29 bits per heavy atom. The van der Waals surface area contributed by atoms with Gasteiger partial charge in [0.15, 0.2) is 0 Å². The van der Waals surface area contributed by atoms with Crippen LogP contribution < -0.4 is 9.03 Å². The number of sulfonamides is 2. The maximum absolute atomic E-state index is 13.8. The van der Waals surface area contributed by atoms with Crippen molar-refractivity contribution in [3.05, 3.63) is 65.7 Å². The number of carbonyl (C=O) groups excluding carboxylic acids is 1. The maximum atomic E-state index is 13.8. The van der Waals surface area contributed by atoms with Gasteiger partial charge in [0.05, 0.1) is 30.9 Å². The lowest BCUT2D eigenvalue weighted by Gasteiger charge is -2.40. The van der Waals surface area contributed by atoms with Gasteiger partial charge in [0.25, 0.3) is 0 Å². The third kappa shape index (κ3) is 7.71. The summed E-state index contributed by atoms with van der Waals surface area (Å²) in [6.45, 7) is 8.40. The van der Waals surface area contributed by atoms with Crippen LogP contribution in [0.1, 0.15) is 44.7 Å². The Bertz CT molecular complexity index is 1420. The van der Waals surface area contributed by atoms with Crippen LogP contribution in [0.15, 0.2) is 54.6 Å². The van der Waals surface area contributed by atoms with Crippen molar-refractivity contribution < 1.29 is 26.4 Å². The molecule has 0 aliphatic carbocycles. The number of anilines is 1. The Balaban J connectivity index is 1.46. The summed E-state index contributed by atoms with van der Waals surface area (Å²) in [6.07, 6.45) is 2.37. The summed E-state index contributed by atoms with van der Waals surface area (Å²) < 4.78 is 61.4. The van der Waals surface area contributed by atoms with Crippen molar-refractivity contribution >= 4 is 31.6 Å². The van der Waals surface area contributed by atoms with Crippen LogP contribution in [0.2, 0.25) is 0 Å². The summed E-state index contributed by atoms with van der Waals surface area (Å²) in [5.74, 6) is -0.452. The molecule has 4 rings (SSSR count). The molecule has 1 atom stereocenters. The lowest BCUT2D eigenvalue weighted by Crippen LogP contribution is -2.55. The molecular formula is C30H44N4O6S2. The number of ether oxygens (including phenoxy) is 1. The summed E-state index contributed by atoms with van der Waals surface area (Å²) >= 11 is 0. The molecule has 10 nitrogen and oxygen atoms in total. The largest absolute Gasteiger partial charge is 0.375 e. The molecule has 0 radical (unpaired) electrons. The highest BCUT2D eigenvalue weighted by Gasteiger charge is 2.48. The molecule has 0 unspecified atom stereocenters. The number of piperidine rings is 1. The normalized spacial score (nSPS) is 17.7. The Morgan fingerprint density at radius 1 is 1.02 bits per heavy atom. The quantitative estimate of drug-likeness (QED) is 0.366. The predicted molar refractivity (Wildman–Crippen MR) is 165 cm³/mol. The molecule has 42 heavy (non-hydrogen) atoms. The molecule has 1 amide bonds. The Labute approximate surface area is 251 Å². The molecule has 12 heteroatoms. The van der Waals surface area contributed by atoms with Crippen molar-refractivity contribution in [1.29, 1.82) is 0 Å². The number of rotatable bonds is 13. The van der Waals surface area contributed by atoms with E-state index in [1.165, 1.54) is 10.6 Å². The number of hydrogen-bond donors (Lipinski definition) is 1. The van der Waals surface area contributed by atoms with Gasteiger partial charge in [-0.05, 0) is 50.4 Å². The van der Waals surface area contributed by atoms with E-state index in [4.69, 9.17) is 4.74 Å². The zero-order chi connectivity index (χ0) is 30.5. The van der Waals surface area contributed by atoms with Crippen LogP contribution in [0.5, 0.6) is 0 Å². The second-order valence-corrected chi connectivity index (χ2v) is 15.4. The zero-order valence-electron chi connectivity index (χ0n) is 25.0. The fraction of sp³-hybridized carbons (Fsp3) is 0.567. The number of para-hydroxylation sites is 1. The van der Waals surface area contributed by atoms with E-state index in [-0.39, 0.29) is 30.9 Å². The summed E-state index contributed by atoms with van der Waals surface area (Å²) in [5, 5.41) is 0. The smallest absolute Gasteiger partial charge is 0.243 e. The first-order valence-corrected chi connectivity index (χ1v) is 18.1. The Kier molecular flexibility index (Phi) is 10.4. The van der Waals surface area contributed by atoms with Gasteiger partial charge in [0, 0.05) is 37.6 Å². The number of nitrogens with zero attached hydrogens (tertiary/aromatic N) is 3. The van der Waals surface area contributed by atoms with Crippen LogP contribution in [0.3, 0.4) is 0 Å². The molecule has 1 fully saturated rings. The van der Waals surface area contributed by atoms with E-state index in [1.807, 2.05) is 75.4 Å². The number of benzene rings is 2. The van der Waals surface area contributed by atoms with E-state index in [0.717, 1.165) is 17.7 Å². The summed E-state index contributed by atoms with van der Waals surface area (Å²) in [5.41, 5.74) is 2.21. The molecule has 232 valence electrons. The molecule has 0 bridgehead atoms. The second kappa shape index (κ2) is 13.4. The van der Waals surface area contributed by atoms with Crippen molar-refractivity contribution in [1.82, 2.24) is 14.5 Å². The summed E-state index contributed by atoms with van der Waals surface area (Å²) in [4.78, 5) is 17.5. The van der Waals surface area contributed by atoms with Crippen molar-refractivity contribution in [2.75, 3.05) is 55.6 Å². The SMILES string of the molecule is CCN(CCS(=O)(=O)N[C@H](COCc1ccccc1)C(=O)N1CCC2(CC1)CN(S(C)(=O)=O)c1ccccc12)C(C)C. The van der Waals surface area contributed by atoms with E-state index in [1.54, 1.807) is 4.90 Å². The molecule has 1 saturated heterocycles. The number of hydrogen-bond acceptors (Lipinski definition) is 7. The van der Waals surface area contributed by atoms with Gasteiger partial charge in [0.2, 0.25) is 26.0 Å². The van der Waals surface area contributed by atoms with Crippen LogP contribution in [0, 0.1) is 0 Å². The van der Waals surface area contributed by atoms with Crippen LogP contribution >= 0.6 is 0 Å². The molecular weight excluding hydrogens is 576 g/mol. The lowest BCUT2D eigenvalue weighted by atomic mass is 9.74. The Hall–Kier alpha value is -2.51. The topological polar surface area (TPSA) is 116 Å². The highest BCUT2D eigenvalue weighted by atomic mass is 32.2. The third-order valence-electron chi connectivity index (χ3n) is 8.42. The van der Waals surface area contributed by atoms with Gasteiger partial charge in [-0.25, -0.2) is 21.6 Å². The highest BCUT2D eigenvalue weighted by Crippen LogP contribution is 2.47. The van der Waals surface area contributed by atoms with Gasteiger partial charge in [-0.15, -0.1) is 0 Å². The molecule has 1 N–H and O–H groups in total. The Morgan fingerprint density at radius 2 is 1.67 bits per heavy atom. The summed E-state index contributed by atoms with van der Waals surface area (Å²) in [7, 11) is -7.23. The average Bonchev–Trinajstić information content (AvgIpc) is 3.27. The number of amides is 1. The first kappa shape index (κ1) is 32.4. The zero-order valence-corrected chi connectivity index (χ0v) is 26.7. The van der Waals surface area contributed by atoms with Gasteiger partial charge in [0.1, 0.15) is 6.04 Å². The fourth-order valence-electron chi connectivity index (χ4n) is 6.00. The van der Waals surface area contributed by atoms with Gasteiger partial charge in [-0.3, -0.25) is 9.10 Å². The number of nitrogens with one attached hydrogen (secondary N) is 1. The van der Waals surface area contributed by atoms with Crippen LogP contribution in [0.25, 0.3) is 0 Å². The summed E-state index contributed by atoms with van der Waals surface area (Å²) in [6, 6.07) is 16.2. The lowest BCUT2D eigenvalue weighted by molar-refractivity contribution is -0.136. The van der Waals surface area contributed by atoms with Crippen LogP contribution in [-0.2, 0) is 41.6 Å². The third-order valence-corrected chi connectivity index (χ3v) is 10.9. The maximum Gasteiger partial charge on any atom is 0.243 e. The average molecular weight is 621 g/mol. The molecule has 2 heterocycles. The second-order valence-electron chi connectivity index (χ2n) is 11.6. The van der Waals surface area contributed by atoms with Crippen molar-refractivity contribution in [2.45, 2.75) is 57.7 Å². The van der Waals surface area contributed by atoms with E-state index in [9.17, 15) is 21.6 Å². The molecule has 0 saturated carbocycles. The van der Waals surface area contributed by atoms with Crippen molar-refractivity contribution in [3.8, 4) is 0 Å². The van der Waals surface area contributed by atoms with E-state index >= 15 is 0 Å². The molecule has 2 aliphatic heterocycles. The van der Waals surface area contributed by atoms with E-state index < -0.39 is 31.5 Å². The molecule has 0 aromatic heterocycles. The van der Waals surface area contributed by atoms with E-state index in [0.29, 0.717) is 44.7 Å². The highest BCUT2D eigenvalue weighted by molar-refractivity contribution is 7.92. The molecule has 2 aliphatic rings. The first-order chi connectivity index (χ1) is 19.8. The number of carbonyl (C=O) groups is 1. The van der Waals surface area contributed by atoms with Crippen LogP contribution in [0.4, 0.5) is 5.69 Å². The minimum absolute atomic E-state index is 0.0963. The molecule has 1 spiro atoms. The fourth-order valence-corrected chi connectivity index (χ4v) is 8.20.